The number of benzene rings is 2. The summed E-state index contributed by atoms with van der Waals surface area (Å²) in [5.41, 5.74) is 2.40. The maximum atomic E-state index is 13.8. The predicted octanol–water partition coefficient (Wildman–Crippen LogP) is 6.96. The number of hydrogen-bond donors (Lipinski definition) is 4. The second-order valence-corrected chi connectivity index (χ2v) is 16.6. The van der Waals surface area contributed by atoms with Crippen molar-refractivity contribution in [3.05, 3.63) is 64.2 Å². The normalized spacial score (nSPS) is 11.9. The molecule has 0 fully saturated rings. The number of unbranched alkanes of at least 4 members (excludes halogenated alkanes) is 4. The van der Waals surface area contributed by atoms with Gasteiger partial charge in [0.2, 0.25) is 10.0 Å². The molecule has 298 valence electrons. The van der Waals surface area contributed by atoms with Gasteiger partial charge in [0.25, 0.3) is 5.69 Å². The zero-order valence-corrected chi connectivity index (χ0v) is 32.9. The van der Waals surface area contributed by atoms with E-state index in [9.17, 15) is 28.1 Å². The van der Waals surface area contributed by atoms with E-state index in [-0.39, 0.29) is 31.0 Å². The molecule has 0 saturated heterocycles. The average molecular weight is 768 g/mol. The molecular weight excluding hydrogens is 710 g/mol. The maximum Gasteiger partial charge on any atom is 0.408 e. The Bertz CT molecular complexity index is 1590. The van der Waals surface area contributed by atoms with Gasteiger partial charge in [0.15, 0.2) is 4.90 Å². The number of alkyl carbamates (subject to hydrolysis) is 2. The molecule has 0 aromatic heterocycles. The van der Waals surface area contributed by atoms with E-state index in [1.165, 1.54) is 28.6 Å². The molecule has 0 radical (unpaired) electrons. The van der Waals surface area contributed by atoms with Crippen molar-refractivity contribution >= 4 is 34.0 Å². The van der Waals surface area contributed by atoms with Gasteiger partial charge in [-0.1, -0.05) is 49.9 Å². The standard InChI is InChI=1S/C35H54N4O9S.CH3NO2/c1-33(2,3)48-32(41)37-35(6,7)23-25-38(49(44,45)30-17-13-12-16-29(30)39(42)43)24-15-11-9-10-14-22-34(4,5)36-31(40)47-26-27-18-20-28(46-8)21-19-27;2-1(3)4/h12-13,16-21H,9-11,14-15,22-26H2,1-8H3,(H,36,40)(H,37,41);2H2,(H,3,4). The Kier molecular flexibility index (Phi) is 18.5. The van der Waals surface area contributed by atoms with Crippen LogP contribution in [0.25, 0.3) is 0 Å². The predicted molar refractivity (Wildman–Crippen MR) is 200 cm³/mol. The first-order valence-electron chi connectivity index (χ1n) is 17.3. The van der Waals surface area contributed by atoms with Crippen LogP contribution in [0.15, 0.2) is 53.4 Å². The highest BCUT2D eigenvalue weighted by Gasteiger charge is 2.33. The van der Waals surface area contributed by atoms with Crippen LogP contribution in [0.3, 0.4) is 0 Å². The summed E-state index contributed by atoms with van der Waals surface area (Å²) in [4.78, 5) is 44.2. The number of carbonyl (C=O) groups excluding carboxylic acids is 2. The monoisotopic (exact) mass is 767 g/mol. The number of nitrogens with one attached hydrogen (secondary N) is 2. The molecule has 16 nitrogen and oxygen atoms in total. The molecule has 2 rings (SSSR count). The molecule has 3 amide bonds. The maximum absolute atomic E-state index is 13.8. The summed E-state index contributed by atoms with van der Waals surface area (Å²) < 4.78 is 44.7. The number of nitro benzene ring substituents is 1. The first-order chi connectivity index (χ1) is 24.5. The van der Waals surface area contributed by atoms with Crippen LogP contribution in [0, 0.1) is 10.1 Å². The number of nitro groups is 1. The third kappa shape index (κ3) is 19.1. The van der Waals surface area contributed by atoms with Gasteiger partial charge in [0.1, 0.15) is 18.0 Å². The number of amides is 3. The zero-order valence-electron chi connectivity index (χ0n) is 32.1. The quantitative estimate of drug-likeness (QED) is 0.0649. The van der Waals surface area contributed by atoms with Crippen LogP contribution in [0.1, 0.15) is 99.0 Å². The lowest BCUT2D eigenvalue weighted by Crippen LogP contribution is -2.48. The molecule has 0 aliphatic carbocycles. The van der Waals surface area contributed by atoms with E-state index < -0.39 is 55.6 Å². The number of nitrogens with two attached hydrogens (primary N) is 1. The zero-order chi connectivity index (χ0) is 40.5. The van der Waals surface area contributed by atoms with E-state index in [2.05, 4.69) is 16.4 Å². The lowest BCUT2D eigenvalue weighted by atomic mass is 9.96. The summed E-state index contributed by atoms with van der Waals surface area (Å²) in [6.07, 6.45) is 2.35. The molecule has 5 N–H and O–H groups in total. The molecule has 0 aliphatic rings. The Labute approximate surface area is 312 Å². The van der Waals surface area contributed by atoms with Gasteiger partial charge in [-0.3, -0.25) is 10.1 Å². The number of rotatable bonds is 19. The highest BCUT2D eigenvalue weighted by atomic mass is 32.2. The fraction of sp³-hybridized carbons (Fsp3) is 0.583. The highest BCUT2D eigenvalue weighted by molar-refractivity contribution is 7.89. The molecule has 0 heterocycles. The Morgan fingerprint density at radius 2 is 1.36 bits per heavy atom. The van der Waals surface area contributed by atoms with Crippen molar-refractivity contribution < 1.29 is 47.0 Å². The van der Waals surface area contributed by atoms with E-state index in [4.69, 9.17) is 24.1 Å². The van der Waals surface area contributed by atoms with Gasteiger partial charge < -0.3 is 35.7 Å². The summed E-state index contributed by atoms with van der Waals surface area (Å²) in [6.45, 7) is 13.0. The van der Waals surface area contributed by atoms with E-state index in [1.54, 1.807) is 53.9 Å². The van der Waals surface area contributed by atoms with Crippen molar-refractivity contribution in [3.8, 4) is 5.75 Å². The van der Waals surface area contributed by atoms with Gasteiger partial charge in [-0.15, -0.1) is 0 Å². The lowest BCUT2D eigenvalue weighted by Gasteiger charge is -2.31. The lowest BCUT2D eigenvalue weighted by molar-refractivity contribution is -0.387. The molecule has 0 bridgehead atoms. The molecule has 17 heteroatoms. The van der Waals surface area contributed by atoms with Crippen LogP contribution in [-0.4, -0.2) is 77.9 Å². The highest BCUT2D eigenvalue weighted by Crippen LogP contribution is 2.28. The number of carbonyl (C=O) groups is 3. The average Bonchev–Trinajstić information content (AvgIpc) is 3.03. The number of sulfonamides is 1. The van der Waals surface area contributed by atoms with Gasteiger partial charge in [0, 0.05) is 30.2 Å². The molecule has 0 spiro atoms. The van der Waals surface area contributed by atoms with E-state index >= 15 is 0 Å². The van der Waals surface area contributed by atoms with E-state index in [1.807, 2.05) is 26.0 Å². The van der Waals surface area contributed by atoms with Crippen LogP contribution >= 0.6 is 0 Å². The number of methoxy groups -OCH3 is 1. The third-order valence-corrected chi connectivity index (χ3v) is 9.63. The third-order valence-electron chi connectivity index (χ3n) is 7.68. The summed E-state index contributed by atoms with van der Waals surface area (Å²) >= 11 is 0. The van der Waals surface area contributed by atoms with Gasteiger partial charge in [-0.25, -0.2) is 22.8 Å². The number of para-hydroxylation sites is 1. The van der Waals surface area contributed by atoms with Crippen molar-refractivity contribution in [2.24, 2.45) is 5.73 Å². The fourth-order valence-electron chi connectivity index (χ4n) is 4.99. The molecule has 0 unspecified atom stereocenters. The molecule has 0 aliphatic heterocycles. The van der Waals surface area contributed by atoms with Gasteiger partial charge >= 0.3 is 18.3 Å². The van der Waals surface area contributed by atoms with Crippen LogP contribution in [0.2, 0.25) is 0 Å². The second kappa shape index (κ2) is 21.2. The summed E-state index contributed by atoms with van der Waals surface area (Å²) in [5, 5.41) is 24.6. The van der Waals surface area contributed by atoms with Crippen LogP contribution in [-0.2, 0) is 26.1 Å². The number of nitrogens with zero attached hydrogens (tertiary/aromatic N) is 2. The first-order valence-corrected chi connectivity index (χ1v) is 18.7. The van der Waals surface area contributed by atoms with E-state index in [0.29, 0.717) is 6.42 Å². The molecule has 2 aromatic carbocycles. The molecule has 0 saturated carbocycles. The topological polar surface area (TPSA) is 230 Å². The molecule has 53 heavy (non-hydrogen) atoms. The largest absolute Gasteiger partial charge is 0.497 e. The van der Waals surface area contributed by atoms with Crippen LogP contribution in [0.5, 0.6) is 5.75 Å². The van der Waals surface area contributed by atoms with Crippen molar-refractivity contribution in [2.75, 3.05) is 20.2 Å². The molecule has 0 atom stereocenters. The fourth-order valence-corrected chi connectivity index (χ4v) is 6.63. The number of primary amides is 1. The first kappa shape index (κ1) is 46.4. The van der Waals surface area contributed by atoms with Crippen LogP contribution < -0.4 is 21.1 Å². The summed E-state index contributed by atoms with van der Waals surface area (Å²) in [5.74, 6) is 0.726. The van der Waals surface area contributed by atoms with Crippen LogP contribution in [0.4, 0.5) is 20.1 Å². The minimum Gasteiger partial charge on any atom is -0.497 e. The van der Waals surface area contributed by atoms with Crippen molar-refractivity contribution in [1.29, 1.82) is 0 Å². The Hall–Kier alpha value is -4.64. The SMILES string of the molecule is COc1ccc(COC(=O)NC(C)(C)CCCCCCCN(CCC(C)(C)NC(=O)OC(C)(C)C)S(=O)(=O)c2ccccc2[N+](=O)[O-])cc1.NC(=O)O. The summed E-state index contributed by atoms with van der Waals surface area (Å²) in [7, 11) is -2.63. The number of carboxylic acid groups (broad SMARTS) is 1. The Morgan fingerprint density at radius 3 is 1.92 bits per heavy atom. The number of ether oxygens (including phenoxy) is 3. The van der Waals surface area contributed by atoms with Gasteiger partial charge in [-0.05, 0) is 91.5 Å². The Balaban J connectivity index is 0.00000333. The molecular formula is C36H57N5O11S. The van der Waals surface area contributed by atoms with Gasteiger partial charge in [0.05, 0.1) is 12.0 Å². The van der Waals surface area contributed by atoms with Gasteiger partial charge in [-0.2, -0.15) is 4.31 Å². The van der Waals surface area contributed by atoms with E-state index in [0.717, 1.165) is 43.4 Å². The minimum absolute atomic E-state index is 0.0333. The second-order valence-electron chi connectivity index (χ2n) is 14.7. The summed E-state index contributed by atoms with van der Waals surface area (Å²) in [6, 6.07) is 12.6. The van der Waals surface area contributed by atoms with Crippen molar-refractivity contribution in [3.63, 3.8) is 0 Å². The minimum atomic E-state index is -4.22. The van der Waals surface area contributed by atoms with Crippen molar-refractivity contribution in [2.45, 2.75) is 122 Å². The molecule has 2 aromatic rings. The number of hydrogen-bond acceptors (Lipinski definition) is 10. The Morgan fingerprint density at radius 1 is 0.830 bits per heavy atom. The smallest absolute Gasteiger partial charge is 0.408 e. The van der Waals surface area contributed by atoms with Crippen molar-refractivity contribution in [1.82, 2.24) is 14.9 Å².